The minimum Gasteiger partial charge on any atom is -0.390 e. The van der Waals surface area contributed by atoms with Crippen LogP contribution in [0.1, 0.15) is 52.3 Å². The minimum absolute atomic E-state index is 0.0241. The van der Waals surface area contributed by atoms with Gasteiger partial charge in [0.2, 0.25) is 0 Å². The summed E-state index contributed by atoms with van der Waals surface area (Å²) in [6.07, 6.45) is 6.76. The van der Waals surface area contributed by atoms with Gasteiger partial charge in [0.15, 0.2) is 0 Å². The molecule has 0 fully saturated rings. The van der Waals surface area contributed by atoms with E-state index in [1.54, 1.807) is 19.3 Å². The topological polar surface area (TPSA) is 45.5 Å². The summed E-state index contributed by atoms with van der Waals surface area (Å²) in [5.41, 5.74) is 2.56. The number of allylic oxidation sites excluding steroid dienone is 2. The van der Waals surface area contributed by atoms with Gasteiger partial charge in [0.25, 0.3) is 0 Å². The molecule has 3 nitrogen and oxygen atoms in total. The average molecular weight is 264 g/mol. The fourth-order valence-electron chi connectivity index (χ4n) is 1.20. The summed E-state index contributed by atoms with van der Waals surface area (Å²) >= 11 is 0. The maximum atomic E-state index is 8.86. The van der Waals surface area contributed by atoms with Crippen molar-refractivity contribution in [3.8, 4) is 0 Å². The molecule has 1 rings (SSSR count). The van der Waals surface area contributed by atoms with E-state index >= 15 is 0 Å². The summed E-state index contributed by atoms with van der Waals surface area (Å²) in [6, 6.07) is 3.72. The largest absolute Gasteiger partial charge is 0.390 e. The molecule has 1 heterocycles. The second kappa shape index (κ2) is 14.6. The second-order valence-corrected chi connectivity index (χ2v) is 3.12. The smallest absolute Gasteiger partial charge is 0.0852 e. The first kappa shape index (κ1) is 19.9. The number of aliphatic hydroxyl groups is 1. The first-order chi connectivity index (χ1) is 9.31. The quantitative estimate of drug-likeness (QED) is 0.835. The van der Waals surface area contributed by atoms with Crippen LogP contribution < -0.4 is 0 Å². The number of hydrogen-bond acceptors (Lipinski definition) is 3. The third-order valence-corrected chi connectivity index (χ3v) is 2.03. The highest BCUT2D eigenvalue weighted by atomic mass is 16.3. The van der Waals surface area contributed by atoms with Crippen LogP contribution in [-0.2, 0) is 6.61 Å². The molecule has 0 amide bonds. The van der Waals surface area contributed by atoms with Gasteiger partial charge in [-0.15, -0.1) is 0 Å². The van der Waals surface area contributed by atoms with E-state index in [9.17, 15) is 0 Å². The Morgan fingerprint density at radius 3 is 2.26 bits per heavy atom. The summed E-state index contributed by atoms with van der Waals surface area (Å²) in [5, 5.41) is 8.86. The number of aromatic nitrogens is 1. The van der Waals surface area contributed by atoms with Gasteiger partial charge in [-0.1, -0.05) is 40.7 Å². The second-order valence-electron chi connectivity index (χ2n) is 3.12. The zero-order chi connectivity index (χ0) is 15.1. The van der Waals surface area contributed by atoms with Gasteiger partial charge < -0.3 is 5.11 Å². The Balaban J connectivity index is 0. The standard InChI is InChI=1S/C12H16N2O.2C2H6/c1-3-4-5-12(13-2)10-6-7-11(9-15)14-8-10;2*1-2/h4-8,15H,3,9H2,1-2H3;2*1-2H3/b5-4-,13-12?;;. The van der Waals surface area contributed by atoms with Crippen molar-refractivity contribution < 1.29 is 5.11 Å². The minimum atomic E-state index is -0.0241. The van der Waals surface area contributed by atoms with E-state index in [1.807, 2.05) is 39.8 Å². The fourth-order valence-corrected chi connectivity index (χ4v) is 1.20. The molecular weight excluding hydrogens is 236 g/mol. The molecule has 0 aromatic carbocycles. The van der Waals surface area contributed by atoms with Crippen LogP contribution in [0.4, 0.5) is 0 Å². The summed E-state index contributed by atoms with van der Waals surface area (Å²) in [4.78, 5) is 8.29. The highest BCUT2D eigenvalue weighted by Gasteiger charge is 1.99. The van der Waals surface area contributed by atoms with Crippen molar-refractivity contribution in [2.24, 2.45) is 4.99 Å². The van der Waals surface area contributed by atoms with E-state index in [2.05, 4.69) is 23.0 Å². The molecule has 3 heteroatoms. The summed E-state index contributed by atoms with van der Waals surface area (Å²) in [6.45, 7) is 10.1. The van der Waals surface area contributed by atoms with E-state index < -0.39 is 0 Å². The monoisotopic (exact) mass is 264 g/mol. The number of aliphatic hydroxyl groups excluding tert-OH is 1. The first-order valence-electron chi connectivity index (χ1n) is 7.01. The molecule has 0 radical (unpaired) electrons. The third-order valence-electron chi connectivity index (χ3n) is 2.03. The van der Waals surface area contributed by atoms with Crippen molar-refractivity contribution in [2.45, 2.75) is 47.6 Å². The summed E-state index contributed by atoms with van der Waals surface area (Å²) < 4.78 is 0. The van der Waals surface area contributed by atoms with Gasteiger partial charge in [0.1, 0.15) is 0 Å². The predicted octanol–water partition coefficient (Wildman–Crippen LogP) is 4.01. The highest BCUT2D eigenvalue weighted by molar-refractivity contribution is 6.08. The van der Waals surface area contributed by atoms with Crippen molar-refractivity contribution in [3.05, 3.63) is 41.7 Å². The van der Waals surface area contributed by atoms with Gasteiger partial charge in [-0.2, -0.15) is 0 Å². The lowest BCUT2D eigenvalue weighted by molar-refractivity contribution is 0.277. The number of nitrogens with zero attached hydrogens (tertiary/aromatic N) is 2. The van der Waals surface area contributed by atoms with E-state index in [4.69, 9.17) is 5.11 Å². The van der Waals surface area contributed by atoms with Gasteiger partial charge in [0, 0.05) is 18.8 Å². The lowest BCUT2D eigenvalue weighted by atomic mass is 10.1. The molecule has 1 N–H and O–H groups in total. The van der Waals surface area contributed by atoms with Crippen LogP contribution in [-0.4, -0.2) is 22.8 Å². The lowest BCUT2D eigenvalue weighted by Crippen LogP contribution is -1.99. The van der Waals surface area contributed by atoms with Crippen LogP contribution in [0.3, 0.4) is 0 Å². The van der Waals surface area contributed by atoms with Crippen molar-refractivity contribution in [2.75, 3.05) is 7.05 Å². The fraction of sp³-hybridized carbons (Fsp3) is 0.500. The summed E-state index contributed by atoms with van der Waals surface area (Å²) in [7, 11) is 1.76. The van der Waals surface area contributed by atoms with Crippen molar-refractivity contribution in [1.82, 2.24) is 4.98 Å². The Bertz CT molecular complexity index is 354. The molecule has 0 saturated carbocycles. The lowest BCUT2D eigenvalue weighted by Gasteiger charge is -2.01. The van der Waals surface area contributed by atoms with Gasteiger partial charge in [-0.25, -0.2) is 0 Å². The third kappa shape index (κ3) is 8.27. The van der Waals surface area contributed by atoms with E-state index in [-0.39, 0.29) is 6.61 Å². The molecule has 0 aliphatic carbocycles. The van der Waals surface area contributed by atoms with Crippen LogP contribution in [0.25, 0.3) is 0 Å². The molecule has 1 aromatic heterocycles. The van der Waals surface area contributed by atoms with Crippen LogP contribution in [0.2, 0.25) is 0 Å². The van der Waals surface area contributed by atoms with E-state index in [0.29, 0.717) is 5.69 Å². The molecule has 0 saturated heterocycles. The number of aliphatic imine (C=N–C) groups is 1. The Labute approximate surface area is 118 Å². The molecule has 0 atom stereocenters. The molecule has 19 heavy (non-hydrogen) atoms. The van der Waals surface area contributed by atoms with Crippen molar-refractivity contribution in [3.63, 3.8) is 0 Å². The Hall–Kier alpha value is -1.48. The first-order valence-corrected chi connectivity index (χ1v) is 7.01. The molecule has 0 aliphatic heterocycles. The van der Waals surface area contributed by atoms with E-state index in [0.717, 1.165) is 17.7 Å². The van der Waals surface area contributed by atoms with Crippen LogP contribution in [0.5, 0.6) is 0 Å². The van der Waals surface area contributed by atoms with Crippen molar-refractivity contribution in [1.29, 1.82) is 0 Å². The van der Waals surface area contributed by atoms with Crippen LogP contribution in [0, 0.1) is 0 Å². The Morgan fingerprint density at radius 2 is 1.89 bits per heavy atom. The van der Waals surface area contributed by atoms with E-state index in [1.165, 1.54) is 0 Å². The Kier molecular flexibility index (Phi) is 15.2. The normalized spacial score (nSPS) is 10.4. The molecule has 0 unspecified atom stereocenters. The maximum absolute atomic E-state index is 8.86. The number of rotatable bonds is 4. The molecule has 0 aliphatic rings. The highest BCUT2D eigenvalue weighted by Crippen LogP contribution is 2.04. The Morgan fingerprint density at radius 1 is 1.26 bits per heavy atom. The van der Waals surface area contributed by atoms with Gasteiger partial charge in [-0.3, -0.25) is 9.98 Å². The average Bonchev–Trinajstić information content (AvgIpc) is 2.52. The van der Waals surface area contributed by atoms with Gasteiger partial charge >= 0.3 is 0 Å². The number of pyridine rings is 1. The van der Waals surface area contributed by atoms with Gasteiger partial charge in [-0.05, 0) is 24.6 Å². The molecule has 1 aromatic rings. The molecule has 0 bridgehead atoms. The van der Waals surface area contributed by atoms with Gasteiger partial charge in [0.05, 0.1) is 18.0 Å². The SMILES string of the molecule is CC.CC.CC/C=C\C(=NC)c1ccc(CO)nc1. The zero-order valence-electron chi connectivity index (χ0n) is 13.1. The maximum Gasteiger partial charge on any atom is 0.0852 e. The summed E-state index contributed by atoms with van der Waals surface area (Å²) in [5.74, 6) is 0. The van der Waals surface area contributed by atoms with Crippen LogP contribution >= 0.6 is 0 Å². The number of hydrogen-bond donors (Lipinski definition) is 1. The van der Waals surface area contributed by atoms with Crippen LogP contribution in [0.15, 0.2) is 35.5 Å². The predicted molar refractivity (Wildman–Crippen MR) is 84.7 cm³/mol. The molecular formula is C16H28N2O. The molecule has 0 spiro atoms. The van der Waals surface area contributed by atoms with Crippen molar-refractivity contribution >= 4 is 5.71 Å². The molecule has 108 valence electrons. The zero-order valence-corrected chi connectivity index (χ0v) is 13.1.